The van der Waals surface area contributed by atoms with Crippen LogP contribution in [0.4, 0.5) is 0 Å². The van der Waals surface area contributed by atoms with Gasteiger partial charge in [0.15, 0.2) is 0 Å². The van der Waals surface area contributed by atoms with Crippen LogP contribution in [0, 0.1) is 0 Å². The number of ether oxygens (including phenoxy) is 1. The van der Waals surface area contributed by atoms with Crippen LogP contribution in [0.3, 0.4) is 0 Å². The second-order valence-corrected chi connectivity index (χ2v) is 9.15. The van der Waals surface area contributed by atoms with Crippen LogP contribution >= 0.6 is 22.7 Å². The van der Waals surface area contributed by atoms with Crippen LogP contribution < -0.4 is 10.1 Å². The maximum absolute atomic E-state index is 13.2. The van der Waals surface area contributed by atoms with Gasteiger partial charge in [0.2, 0.25) is 5.91 Å². The van der Waals surface area contributed by atoms with E-state index in [9.17, 15) is 9.59 Å². The van der Waals surface area contributed by atoms with Crippen molar-refractivity contribution in [2.75, 3.05) is 13.2 Å². The Morgan fingerprint density at radius 2 is 2.19 bits per heavy atom. The van der Waals surface area contributed by atoms with Crippen molar-refractivity contribution in [2.24, 2.45) is 0 Å². The molecule has 1 fully saturated rings. The molecule has 0 radical (unpaired) electrons. The molecule has 1 saturated heterocycles. The molecule has 4 rings (SSSR count). The van der Waals surface area contributed by atoms with Gasteiger partial charge in [0.25, 0.3) is 5.91 Å². The zero-order chi connectivity index (χ0) is 21.5. The smallest absolute Gasteiger partial charge is 0.266 e. The van der Waals surface area contributed by atoms with E-state index in [0.29, 0.717) is 31.0 Å². The van der Waals surface area contributed by atoms with Gasteiger partial charge in [-0.15, -0.1) is 11.3 Å². The average Bonchev–Trinajstić information content (AvgIpc) is 3.46. The Morgan fingerprint density at radius 1 is 1.26 bits per heavy atom. The lowest BCUT2D eigenvalue weighted by Gasteiger charge is -2.29. The van der Waals surface area contributed by atoms with E-state index in [-0.39, 0.29) is 11.8 Å². The summed E-state index contributed by atoms with van der Waals surface area (Å²) in [6, 6.07) is 9.39. The number of hydrogen-bond donors (Lipinski definition) is 1. The predicted octanol–water partition coefficient (Wildman–Crippen LogP) is 4.14. The molecule has 2 aromatic heterocycles. The number of carbonyl (C=O) groups excluding carboxylic acids is 2. The number of benzene rings is 1. The molecule has 0 unspecified atom stereocenters. The lowest BCUT2D eigenvalue weighted by atomic mass is 10.1. The summed E-state index contributed by atoms with van der Waals surface area (Å²) in [5.74, 6) is 0.523. The summed E-state index contributed by atoms with van der Waals surface area (Å²) in [5.41, 5.74) is 3.84. The minimum absolute atomic E-state index is 0.0847. The van der Waals surface area contributed by atoms with Crippen LogP contribution in [0.15, 0.2) is 52.8 Å². The second-order valence-electron chi connectivity index (χ2n) is 7.48. The summed E-state index contributed by atoms with van der Waals surface area (Å²) in [7, 11) is 0. The Labute approximate surface area is 189 Å². The first-order valence-electron chi connectivity index (χ1n) is 10.4. The zero-order valence-corrected chi connectivity index (χ0v) is 18.8. The normalized spacial score (nSPS) is 16.4. The zero-order valence-electron chi connectivity index (χ0n) is 17.2. The van der Waals surface area contributed by atoms with E-state index >= 15 is 0 Å². The van der Waals surface area contributed by atoms with E-state index in [4.69, 9.17) is 4.74 Å². The maximum Gasteiger partial charge on any atom is 0.266 e. The number of thiophene rings is 1. The number of amides is 2. The van der Waals surface area contributed by atoms with Gasteiger partial charge in [0.05, 0.1) is 18.3 Å². The molecule has 0 spiro atoms. The summed E-state index contributed by atoms with van der Waals surface area (Å²) in [6.45, 7) is 1.59. The first-order chi connectivity index (χ1) is 15.2. The fraction of sp³-hybridized carbons (Fsp3) is 0.348. The summed E-state index contributed by atoms with van der Waals surface area (Å²) < 4.78 is 5.93. The number of hydrogen-bond acceptors (Lipinski definition) is 6. The molecule has 1 N–H and O–H groups in total. The molecule has 0 bridgehead atoms. The molecule has 6 nitrogen and oxygen atoms in total. The van der Waals surface area contributed by atoms with Crippen molar-refractivity contribution in [1.29, 1.82) is 0 Å². The average molecular weight is 456 g/mol. The molecule has 1 atom stereocenters. The van der Waals surface area contributed by atoms with Crippen LogP contribution in [0.2, 0.25) is 0 Å². The van der Waals surface area contributed by atoms with E-state index in [1.54, 1.807) is 27.9 Å². The van der Waals surface area contributed by atoms with Gasteiger partial charge in [-0.25, -0.2) is 0 Å². The molecule has 3 aromatic rings. The summed E-state index contributed by atoms with van der Waals surface area (Å²) in [5, 5.41) is 7.13. The summed E-state index contributed by atoms with van der Waals surface area (Å²) >= 11 is 2.98. The summed E-state index contributed by atoms with van der Waals surface area (Å²) in [4.78, 5) is 32.2. The van der Waals surface area contributed by atoms with Gasteiger partial charge in [-0.05, 0) is 59.3 Å². The second kappa shape index (κ2) is 10.5. The Hall–Kier alpha value is -2.71. The topological polar surface area (TPSA) is 71.5 Å². The van der Waals surface area contributed by atoms with Crippen LogP contribution in [-0.2, 0) is 17.8 Å². The molecule has 2 amide bonds. The Kier molecular flexibility index (Phi) is 7.32. The van der Waals surface area contributed by atoms with Crippen molar-refractivity contribution in [3.63, 3.8) is 0 Å². The molecular weight excluding hydrogens is 430 g/mol. The predicted molar refractivity (Wildman–Crippen MR) is 123 cm³/mol. The number of rotatable bonds is 8. The molecule has 1 aliphatic heterocycles. The first-order valence-corrected chi connectivity index (χ1v) is 12.2. The Balaban J connectivity index is 1.49. The van der Waals surface area contributed by atoms with Crippen molar-refractivity contribution in [3.8, 4) is 5.75 Å². The number of nitrogens with one attached hydrogen (secondary N) is 1. The fourth-order valence-corrected chi connectivity index (χ4v) is 4.94. The lowest BCUT2D eigenvalue weighted by Crippen LogP contribution is -2.48. The first kappa shape index (κ1) is 21.5. The standard InChI is InChI=1S/C23H25N3O3S2/c27-22-20(6-1-2-9-25-22)26(23(28)21-13-24-16-31-21)14-18-4-3-5-19(12-18)29-10-7-17-8-11-30-15-17/h3-5,8,11-13,15-16,20H,1-2,6-7,9-10,14H2,(H,25,27)/t20-/m0/s1. The number of nitrogens with zero attached hydrogens (tertiary/aromatic N) is 2. The highest BCUT2D eigenvalue weighted by Gasteiger charge is 2.32. The highest BCUT2D eigenvalue weighted by molar-refractivity contribution is 7.11. The van der Waals surface area contributed by atoms with Gasteiger partial charge in [-0.2, -0.15) is 11.3 Å². The van der Waals surface area contributed by atoms with E-state index in [0.717, 1.165) is 30.6 Å². The van der Waals surface area contributed by atoms with E-state index < -0.39 is 6.04 Å². The van der Waals surface area contributed by atoms with E-state index in [1.807, 2.05) is 24.3 Å². The quantitative estimate of drug-likeness (QED) is 0.554. The number of aromatic nitrogens is 1. The third kappa shape index (κ3) is 5.71. The van der Waals surface area contributed by atoms with Crippen molar-refractivity contribution >= 4 is 34.5 Å². The fourth-order valence-electron chi connectivity index (χ4n) is 3.66. The highest BCUT2D eigenvalue weighted by Crippen LogP contribution is 2.22. The van der Waals surface area contributed by atoms with Crippen LogP contribution in [0.25, 0.3) is 0 Å². The number of carbonyl (C=O) groups is 2. The number of thiazole rings is 1. The van der Waals surface area contributed by atoms with Gasteiger partial charge >= 0.3 is 0 Å². The van der Waals surface area contributed by atoms with Gasteiger partial charge in [0.1, 0.15) is 16.7 Å². The van der Waals surface area contributed by atoms with E-state index in [2.05, 4.69) is 27.1 Å². The molecule has 1 aromatic carbocycles. The molecule has 162 valence electrons. The monoisotopic (exact) mass is 455 g/mol. The minimum Gasteiger partial charge on any atom is -0.493 e. The molecule has 0 aliphatic carbocycles. The lowest BCUT2D eigenvalue weighted by molar-refractivity contribution is -0.125. The van der Waals surface area contributed by atoms with Crippen LogP contribution in [0.5, 0.6) is 5.75 Å². The molecule has 1 aliphatic rings. The molecule has 3 heterocycles. The van der Waals surface area contributed by atoms with Gasteiger partial charge in [-0.1, -0.05) is 12.1 Å². The SMILES string of the molecule is O=C1NCCCC[C@@H]1N(Cc1cccc(OCCc2ccsc2)c1)C(=O)c1cncs1. The van der Waals surface area contributed by atoms with Gasteiger partial charge in [0, 0.05) is 19.5 Å². The maximum atomic E-state index is 13.2. The van der Waals surface area contributed by atoms with Crippen LogP contribution in [0.1, 0.15) is 40.1 Å². The molecular formula is C23H25N3O3S2. The van der Waals surface area contributed by atoms with Gasteiger partial charge < -0.3 is 15.0 Å². The van der Waals surface area contributed by atoms with Crippen molar-refractivity contribution < 1.29 is 14.3 Å². The third-order valence-electron chi connectivity index (χ3n) is 5.28. The van der Waals surface area contributed by atoms with Crippen molar-refractivity contribution in [3.05, 3.63) is 68.8 Å². The third-order valence-corrected chi connectivity index (χ3v) is 6.77. The highest BCUT2D eigenvalue weighted by atomic mass is 32.1. The molecule has 8 heteroatoms. The van der Waals surface area contributed by atoms with Crippen molar-refractivity contribution in [1.82, 2.24) is 15.2 Å². The minimum atomic E-state index is -0.486. The summed E-state index contributed by atoms with van der Waals surface area (Å²) in [6.07, 6.45) is 4.91. The van der Waals surface area contributed by atoms with E-state index in [1.165, 1.54) is 16.9 Å². The van der Waals surface area contributed by atoms with Crippen molar-refractivity contribution in [2.45, 2.75) is 38.3 Å². The molecule has 31 heavy (non-hydrogen) atoms. The molecule has 0 saturated carbocycles. The van der Waals surface area contributed by atoms with Crippen LogP contribution in [-0.4, -0.2) is 40.9 Å². The Bertz CT molecular complexity index is 989. The van der Waals surface area contributed by atoms with Gasteiger partial charge in [-0.3, -0.25) is 14.6 Å². The largest absolute Gasteiger partial charge is 0.493 e. The Morgan fingerprint density at radius 3 is 3.00 bits per heavy atom.